The Balaban J connectivity index is 2.32. The molecule has 0 aliphatic carbocycles. The summed E-state index contributed by atoms with van der Waals surface area (Å²) in [6, 6.07) is 0. The highest BCUT2D eigenvalue weighted by atomic mass is 16.2. The average Bonchev–Trinajstić information content (AvgIpc) is 2.35. The second-order valence-corrected chi connectivity index (χ2v) is 5.01. The molecule has 0 saturated carbocycles. The molecular weight excluding hydrogens is 200 g/mol. The molecule has 0 aromatic rings. The van der Waals surface area contributed by atoms with Crippen molar-refractivity contribution in [1.82, 2.24) is 4.90 Å². The van der Waals surface area contributed by atoms with Gasteiger partial charge in [-0.25, -0.2) is 0 Å². The predicted molar refractivity (Wildman–Crippen MR) is 67.0 cm³/mol. The van der Waals surface area contributed by atoms with Gasteiger partial charge in [-0.15, -0.1) is 0 Å². The van der Waals surface area contributed by atoms with Crippen LogP contribution in [0.2, 0.25) is 0 Å². The van der Waals surface area contributed by atoms with Gasteiger partial charge in [0.25, 0.3) is 0 Å². The van der Waals surface area contributed by atoms with E-state index in [4.69, 9.17) is 5.73 Å². The number of rotatable bonds is 5. The van der Waals surface area contributed by atoms with E-state index in [1.165, 1.54) is 19.3 Å². The highest BCUT2D eigenvalue weighted by Crippen LogP contribution is 2.21. The van der Waals surface area contributed by atoms with E-state index in [1.807, 2.05) is 11.8 Å². The molecule has 0 bridgehead atoms. The summed E-state index contributed by atoms with van der Waals surface area (Å²) in [5.74, 6) is 1.33. The fraction of sp³-hybridized carbons (Fsp3) is 0.923. The molecule has 1 saturated heterocycles. The maximum Gasteiger partial charge on any atom is 0.225 e. The smallest absolute Gasteiger partial charge is 0.225 e. The molecule has 0 spiro atoms. The lowest BCUT2D eigenvalue weighted by molar-refractivity contribution is -0.136. The standard InChI is InChI=1S/C13H26N2O/c1-3-12-6-9-15(10-7-12)13(16)11(2)5-4-8-14/h11-12H,3-10,14H2,1-2H3. The van der Waals surface area contributed by atoms with Crippen LogP contribution in [0.25, 0.3) is 0 Å². The number of likely N-dealkylation sites (tertiary alicyclic amines) is 1. The number of nitrogens with two attached hydrogens (primary N) is 1. The molecule has 3 nitrogen and oxygen atoms in total. The van der Waals surface area contributed by atoms with E-state index in [-0.39, 0.29) is 5.92 Å². The molecule has 1 atom stereocenters. The van der Waals surface area contributed by atoms with Crippen LogP contribution in [0.5, 0.6) is 0 Å². The third kappa shape index (κ3) is 3.78. The molecule has 0 radical (unpaired) electrons. The van der Waals surface area contributed by atoms with Crippen LogP contribution in [-0.4, -0.2) is 30.4 Å². The lowest BCUT2D eigenvalue weighted by Crippen LogP contribution is -2.41. The first-order valence-corrected chi connectivity index (χ1v) is 6.67. The van der Waals surface area contributed by atoms with Gasteiger partial charge in [-0.2, -0.15) is 0 Å². The molecule has 2 N–H and O–H groups in total. The van der Waals surface area contributed by atoms with Crippen molar-refractivity contribution in [3.05, 3.63) is 0 Å². The van der Waals surface area contributed by atoms with Crippen molar-refractivity contribution in [1.29, 1.82) is 0 Å². The normalized spacial score (nSPS) is 19.8. The second-order valence-electron chi connectivity index (χ2n) is 5.01. The van der Waals surface area contributed by atoms with Crippen LogP contribution >= 0.6 is 0 Å². The minimum atomic E-state index is 0.154. The van der Waals surface area contributed by atoms with Crippen LogP contribution in [0.3, 0.4) is 0 Å². The lowest BCUT2D eigenvalue weighted by atomic mass is 9.93. The molecular formula is C13H26N2O. The number of carbonyl (C=O) groups excluding carboxylic acids is 1. The molecule has 1 amide bonds. The second kappa shape index (κ2) is 6.89. The predicted octanol–water partition coefficient (Wildman–Crippen LogP) is 2.01. The molecule has 1 rings (SSSR count). The molecule has 94 valence electrons. The molecule has 3 heteroatoms. The summed E-state index contributed by atoms with van der Waals surface area (Å²) in [7, 11) is 0. The van der Waals surface area contributed by atoms with E-state index in [2.05, 4.69) is 6.92 Å². The Bertz CT molecular complexity index is 210. The van der Waals surface area contributed by atoms with Crippen molar-refractivity contribution in [3.63, 3.8) is 0 Å². The zero-order valence-corrected chi connectivity index (χ0v) is 10.7. The molecule has 1 fully saturated rings. The maximum absolute atomic E-state index is 12.1. The van der Waals surface area contributed by atoms with E-state index in [0.29, 0.717) is 12.5 Å². The summed E-state index contributed by atoms with van der Waals surface area (Å²) >= 11 is 0. The van der Waals surface area contributed by atoms with Gasteiger partial charge in [0.05, 0.1) is 0 Å². The fourth-order valence-electron chi connectivity index (χ4n) is 2.42. The van der Waals surface area contributed by atoms with Crippen LogP contribution < -0.4 is 5.73 Å². The highest BCUT2D eigenvalue weighted by molar-refractivity contribution is 5.78. The Morgan fingerprint density at radius 2 is 2.06 bits per heavy atom. The Hall–Kier alpha value is -0.570. The lowest BCUT2D eigenvalue weighted by Gasteiger charge is -2.33. The van der Waals surface area contributed by atoms with Gasteiger partial charge < -0.3 is 10.6 Å². The number of carbonyl (C=O) groups is 1. The minimum Gasteiger partial charge on any atom is -0.342 e. The average molecular weight is 226 g/mol. The molecule has 0 aromatic carbocycles. The summed E-state index contributed by atoms with van der Waals surface area (Å²) < 4.78 is 0. The Morgan fingerprint density at radius 1 is 1.44 bits per heavy atom. The van der Waals surface area contributed by atoms with Crippen molar-refractivity contribution in [3.8, 4) is 0 Å². The van der Waals surface area contributed by atoms with Crippen LogP contribution in [-0.2, 0) is 4.79 Å². The summed E-state index contributed by atoms with van der Waals surface area (Å²) in [6.07, 6.45) is 5.52. The number of hydrogen-bond donors (Lipinski definition) is 1. The van der Waals surface area contributed by atoms with Gasteiger partial charge >= 0.3 is 0 Å². The van der Waals surface area contributed by atoms with Gasteiger partial charge in [0, 0.05) is 19.0 Å². The molecule has 1 aliphatic heterocycles. The van der Waals surface area contributed by atoms with E-state index in [1.54, 1.807) is 0 Å². The van der Waals surface area contributed by atoms with Crippen molar-refractivity contribution >= 4 is 5.91 Å². The zero-order chi connectivity index (χ0) is 12.0. The Morgan fingerprint density at radius 3 is 2.56 bits per heavy atom. The monoisotopic (exact) mass is 226 g/mol. The summed E-state index contributed by atoms with van der Waals surface area (Å²) in [5, 5.41) is 0. The summed E-state index contributed by atoms with van der Waals surface area (Å²) in [6.45, 7) is 6.89. The number of amides is 1. The minimum absolute atomic E-state index is 0.154. The molecule has 0 aromatic heterocycles. The van der Waals surface area contributed by atoms with Crippen LogP contribution in [0, 0.1) is 11.8 Å². The van der Waals surface area contributed by atoms with Crippen LogP contribution in [0.15, 0.2) is 0 Å². The molecule has 1 heterocycles. The van der Waals surface area contributed by atoms with Crippen molar-refractivity contribution < 1.29 is 4.79 Å². The third-order valence-corrected chi connectivity index (χ3v) is 3.77. The molecule has 16 heavy (non-hydrogen) atoms. The maximum atomic E-state index is 12.1. The van der Waals surface area contributed by atoms with E-state index in [0.717, 1.165) is 31.8 Å². The zero-order valence-electron chi connectivity index (χ0n) is 10.7. The van der Waals surface area contributed by atoms with Gasteiger partial charge in [-0.3, -0.25) is 4.79 Å². The first-order valence-electron chi connectivity index (χ1n) is 6.67. The molecule has 1 unspecified atom stereocenters. The van der Waals surface area contributed by atoms with Gasteiger partial charge in [-0.1, -0.05) is 20.3 Å². The summed E-state index contributed by atoms with van der Waals surface area (Å²) in [5.41, 5.74) is 5.47. The van der Waals surface area contributed by atoms with Gasteiger partial charge in [0.15, 0.2) is 0 Å². The Kier molecular flexibility index (Phi) is 5.81. The first kappa shape index (κ1) is 13.5. The van der Waals surface area contributed by atoms with E-state index >= 15 is 0 Å². The van der Waals surface area contributed by atoms with E-state index < -0.39 is 0 Å². The van der Waals surface area contributed by atoms with Gasteiger partial charge in [-0.05, 0) is 38.1 Å². The van der Waals surface area contributed by atoms with Gasteiger partial charge in [0.2, 0.25) is 5.91 Å². The number of nitrogens with zero attached hydrogens (tertiary/aromatic N) is 1. The topological polar surface area (TPSA) is 46.3 Å². The quantitative estimate of drug-likeness (QED) is 0.779. The highest BCUT2D eigenvalue weighted by Gasteiger charge is 2.24. The van der Waals surface area contributed by atoms with Crippen LogP contribution in [0.4, 0.5) is 0 Å². The molecule has 1 aliphatic rings. The SMILES string of the molecule is CCC1CCN(C(=O)C(C)CCCN)CC1. The van der Waals surface area contributed by atoms with E-state index in [9.17, 15) is 4.79 Å². The van der Waals surface area contributed by atoms with Crippen molar-refractivity contribution in [2.45, 2.75) is 46.0 Å². The largest absolute Gasteiger partial charge is 0.342 e. The summed E-state index contributed by atoms with van der Waals surface area (Å²) in [4.78, 5) is 14.1. The van der Waals surface area contributed by atoms with Crippen molar-refractivity contribution in [2.24, 2.45) is 17.6 Å². The van der Waals surface area contributed by atoms with Crippen molar-refractivity contribution in [2.75, 3.05) is 19.6 Å². The first-order chi connectivity index (χ1) is 7.69. The third-order valence-electron chi connectivity index (χ3n) is 3.77. The number of hydrogen-bond acceptors (Lipinski definition) is 2. The fourth-order valence-corrected chi connectivity index (χ4v) is 2.42. The van der Waals surface area contributed by atoms with Crippen LogP contribution in [0.1, 0.15) is 46.0 Å². The number of piperidine rings is 1. The van der Waals surface area contributed by atoms with Gasteiger partial charge in [0.1, 0.15) is 0 Å². The Labute approximate surface area is 99.4 Å².